The molecule has 2 aromatic heterocycles. The van der Waals surface area contributed by atoms with E-state index in [9.17, 15) is 0 Å². The zero-order chi connectivity index (χ0) is 13.5. The van der Waals surface area contributed by atoms with Gasteiger partial charge in [-0.25, -0.2) is 0 Å². The van der Waals surface area contributed by atoms with Gasteiger partial charge < -0.3 is 5.73 Å². The molecular weight excluding hydrogens is 264 g/mol. The standard InChI is InChI=1S/C17H16N2S/c18-16(13-8-7-11-5-3-9-19-17(11)13)15-10-12-4-1-2-6-14(12)20-15/h1-6,9-10,13,16H,7-8,18H2. The quantitative estimate of drug-likeness (QED) is 0.770. The third kappa shape index (κ3) is 1.86. The third-order valence-electron chi connectivity index (χ3n) is 4.21. The van der Waals surface area contributed by atoms with Crippen molar-refractivity contribution in [1.82, 2.24) is 4.98 Å². The third-order valence-corrected chi connectivity index (χ3v) is 5.43. The molecule has 1 aromatic carbocycles. The van der Waals surface area contributed by atoms with Gasteiger partial charge in [-0.1, -0.05) is 24.3 Å². The van der Waals surface area contributed by atoms with E-state index >= 15 is 0 Å². The van der Waals surface area contributed by atoms with Crippen molar-refractivity contribution in [2.24, 2.45) is 5.73 Å². The van der Waals surface area contributed by atoms with Crippen LogP contribution in [-0.2, 0) is 6.42 Å². The lowest BCUT2D eigenvalue weighted by atomic mass is 9.96. The Bertz CT molecular complexity index is 729. The van der Waals surface area contributed by atoms with E-state index < -0.39 is 0 Å². The number of nitrogens with two attached hydrogens (primary N) is 1. The number of fused-ring (bicyclic) bond motifs is 2. The molecule has 1 aliphatic rings. The molecule has 0 spiro atoms. The Morgan fingerprint density at radius 3 is 3.00 bits per heavy atom. The van der Waals surface area contributed by atoms with Gasteiger partial charge in [0, 0.05) is 33.4 Å². The Balaban J connectivity index is 1.72. The summed E-state index contributed by atoms with van der Waals surface area (Å²) >= 11 is 1.81. The van der Waals surface area contributed by atoms with Crippen molar-refractivity contribution in [3.8, 4) is 0 Å². The molecule has 3 aromatic rings. The van der Waals surface area contributed by atoms with Gasteiger partial charge in [-0.15, -0.1) is 11.3 Å². The zero-order valence-electron chi connectivity index (χ0n) is 11.1. The summed E-state index contributed by atoms with van der Waals surface area (Å²) in [5.41, 5.74) is 9.12. The van der Waals surface area contributed by atoms with E-state index in [0.717, 1.165) is 12.8 Å². The fraction of sp³-hybridized carbons (Fsp3) is 0.235. The molecule has 0 saturated carbocycles. The van der Waals surface area contributed by atoms with Gasteiger partial charge in [0.15, 0.2) is 0 Å². The van der Waals surface area contributed by atoms with Gasteiger partial charge in [0.1, 0.15) is 0 Å². The highest BCUT2D eigenvalue weighted by atomic mass is 32.1. The van der Waals surface area contributed by atoms with Crippen LogP contribution in [0.25, 0.3) is 10.1 Å². The van der Waals surface area contributed by atoms with Gasteiger partial charge in [-0.05, 0) is 42.0 Å². The van der Waals surface area contributed by atoms with Crippen LogP contribution in [0.4, 0.5) is 0 Å². The van der Waals surface area contributed by atoms with Crippen LogP contribution in [0.3, 0.4) is 0 Å². The van der Waals surface area contributed by atoms with E-state index in [0.29, 0.717) is 5.92 Å². The van der Waals surface area contributed by atoms with Gasteiger partial charge in [-0.3, -0.25) is 4.98 Å². The second-order valence-electron chi connectivity index (χ2n) is 5.41. The van der Waals surface area contributed by atoms with E-state index in [-0.39, 0.29) is 6.04 Å². The molecule has 3 heteroatoms. The van der Waals surface area contributed by atoms with E-state index in [1.54, 1.807) is 0 Å². The lowest BCUT2D eigenvalue weighted by molar-refractivity contribution is 0.548. The number of hydrogen-bond donors (Lipinski definition) is 1. The molecule has 20 heavy (non-hydrogen) atoms. The molecule has 2 unspecified atom stereocenters. The van der Waals surface area contributed by atoms with Crippen LogP contribution in [0.1, 0.15) is 34.5 Å². The van der Waals surface area contributed by atoms with Crippen LogP contribution >= 0.6 is 11.3 Å². The fourth-order valence-electron chi connectivity index (χ4n) is 3.16. The summed E-state index contributed by atoms with van der Waals surface area (Å²) in [6, 6.07) is 15.0. The Morgan fingerprint density at radius 1 is 1.20 bits per heavy atom. The molecule has 0 saturated heterocycles. The molecule has 1 aliphatic carbocycles. The van der Waals surface area contributed by atoms with Crippen LogP contribution in [-0.4, -0.2) is 4.98 Å². The number of thiophene rings is 1. The first kappa shape index (κ1) is 12.1. The summed E-state index contributed by atoms with van der Waals surface area (Å²) in [6.45, 7) is 0. The van der Waals surface area contributed by atoms with Crippen molar-refractivity contribution in [3.05, 3.63) is 64.8 Å². The number of benzene rings is 1. The molecule has 2 heterocycles. The molecule has 0 bridgehead atoms. The average molecular weight is 280 g/mol. The van der Waals surface area contributed by atoms with Crippen LogP contribution in [0.2, 0.25) is 0 Å². The first-order valence-electron chi connectivity index (χ1n) is 7.01. The van der Waals surface area contributed by atoms with Gasteiger partial charge in [0.05, 0.1) is 0 Å². The summed E-state index contributed by atoms with van der Waals surface area (Å²) < 4.78 is 1.32. The van der Waals surface area contributed by atoms with Crippen molar-refractivity contribution in [3.63, 3.8) is 0 Å². The predicted octanol–water partition coefficient (Wildman–Crippen LogP) is 4.03. The Labute approximate surface area is 122 Å². The highest BCUT2D eigenvalue weighted by molar-refractivity contribution is 7.19. The molecule has 2 nitrogen and oxygen atoms in total. The number of rotatable bonds is 2. The summed E-state index contributed by atoms with van der Waals surface area (Å²) in [6.07, 6.45) is 4.10. The minimum absolute atomic E-state index is 0.0588. The van der Waals surface area contributed by atoms with Crippen molar-refractivity contribution in [2.45, 2.75) is 24.8 Å². The van der Waals surface area contributed by atoms with Crippen LogP contribution in [0.15, 0.2) is 48.7 Å². The molecule has 0 fully saturated rings. The summed E-state index contributed by atoms with van der Waals surface area (Å²) in [5.74, 6) is 0.360. The number of pyridine rings is 1. The SMILES string of the molecule is NC(c1cc2ccccc2s1)C1CCc2cccnc21. The normalized spacial score (nSPS) is 19.1. The molecule has 4 rings (SSSR count). The van der Waals surface area contributed by atoms with Crippen molar-refractivity contribution in [2.75, 3.05) is 0 Å². The van der Waals surface area contributed by atoms with Crippen molar-refractivity contribution >= 4 is 21.4 Å². The minimum atomic E-state index is 0.0588. The highest BCUT2D eigenvalue weighted by Gasteiger charge is 2.30. The molecule has 0 radical (unpaired) electrons. The number of aromatic nitrogens is 1. The largest absolute Gasteiger partial charge is 0.323 e. The molecule has 0 amide bonds. The second kappa shape index (κ2) is 4.69. The number of hydrogen-bond acceptors (Lipinski definition) is 3. The van der Waals surface area contributed by atoms with E-state index in [2.05, 4.69) is 41.4 Å². The number of aryl methyl sites for hydroxylation is 1. The van der Waals surface area contributed by atoms with Gasteiger partial charge in [0.2, 0.25) is 0 Å². The van der Waals surface area contributed by atoms with Crippen LogP contribution in [0, 0.1) is 0 Å². The topological polar surface area (TPSA) is 38.9 Å². The summed E-state index contributed by atoms with van der Waals surface area (Å²) in [4.78, 5) is 5.84. The van der Waals surface area contributed by atoms with Gasteiger partial charge in [-0.2, -0.15) is 0 Å². The molecule has 2 atom stereocenters. The van der Waals surface area contributed by atoms with Crippen molar-refractivity contribution in [1.29, 1.82) is 0 Å². The highest BCUT2D eigenvalue weighted by Crippen LogP contribution is 2.42. The van der Waals surface area contributed by atoms with E-state index in [1.165, 1.54) is 26.2 Å². The molecule has 100 valence electrons. The first-order chi connectivity index (χ1) is 9.83. The Kier molecular flexibility index (Phi) is 2.83. The lowest BCUT2D eigenvalue weighted by Crippen LogP contribution is -2.17. The predicted molar refractivity (Wildman–Crippen MR) is 84.1 cm³/mol. The van der Waals surface area contributed by atoms with Crippen LogP contribution < -0.4 is 5.73 Å². The fourth-order valence-corrected chi connectivity index (χ4v) is 4.29. The summed E-state index contributed by atoms with van der Waals surface area (Å²) in [5, 5.41) is 1.29. The Hall–Kier alpha value is -1.71. The van der Waals surface area contributed by atoms with Gasteiger partial charge in [0.25, 0.3) is 0 Å². The Morgan fingerprint density at radius 2 is 2.10 bits per heavy atom. The maximum absolute atomic E-state index is 6.55. The summed E-state index contributed by atoms with van der Waals surface area (Å²) in [7, 11) is 0. The molecule has 2 N–H and O–H groups in total. The zero-order valence-corrected chi connectivity index (χ0v) is 11.9. The second-order valence-corrected chi connectivity index (χ2v) is 6.52. The van der Waals surface area contributed by atoms with Gasteiger partial charge >= 0.3 is 0 Å². The smallest absolute Gasteiger partial charge is 0.0485 e. The van der Waals surface area contributed by atoms with Crippen LogP contribution in [0.5, 0.6) is 0 Å². The van der Waals surface area contributed by atoms with E-state index in [4.69, 9.17) is 5.73 Å². The first-order valence-corrected chi connectivity index (χ1v) is 7.82. The maximum atomic E-state index is 6.55. The lowest BCUT2D eigenvalue weighted by Gasteiger charge is -2.18. The monoisotopic (exact) mass is 280 g/mol. The minimum Gasteiger partial charge on any atom is -0.323 e. The number of nitrogens with zero attached hydrogens (tertiary/aromatic N) is 1. The molecule has 0 aliphatic heterocycles. The van der Waals surface area contributed by atoms with E-state index in [1.807, 2.05) is 23.6 Å². The maximum Gasteiger partial charge on any atom is 0.0485 e. The molecular formula is C17H16N2S. The average Bonchev–Trinajstić information content (AvgIpc) is 3.10. The van der Waals surface area contributed by atoms with Crippen molar-refractivity contribution < 1.29 is 0 Å².